The number of aliphatic hydroxyl groups excluding tert-OH is 1. The number of carbonyl (C=O) groups excluding carboxylic acids is 1. The van der Waals surface area contributed by atoms with Crippen LogP contribution in [0, 0.1) is 0 Å². The Morgan fingerprint density at radius 2 is 2.29 bits per heavy atom. The van der Waals surface area contributed by atoms with Gasteiger partial charge in [-0.25, -0.2) is 5.48 Å². The summed E-state index contributed by atoms with van der Waals surface area (Å²) in [5, 5.41) is 10.0. The standard InChI is InChI=1S/C9H10ClNO3/c10-8-4-2-1-3-7(8)9(13)5-14-11-6-12/h1-4,6,9,13H,5H2,(H,11,12)/t9-/m0/s1. The third kappa shape index (κ3) is 2.99. The maximum absolute atomic E-state index is 9.85. The molecule has 1 aromatic carbocycles. The van der Waals surface area contributed by atoms with Gasteiger partial charge < -0.3 is 5.11 Å². The van der Waals surface area contributed by atoms with E-state index in [-0.39, 0.29) is 6.61 Å². The van der Waals surface area contributed by atoms with Gasteiger partial charge in [-0.3, -0.25) is 9.63 Å². The SMILES string of the molecule is O=CNOC[C@H](O)c1ccccc1Cl. The van der Waals surface area contributed by atoms with Crippen LogP contribution in [0.25, 0.3) is 0 Å². The Morgan fingerprint density at radius 3 is 2.93 bits per heavy atom. The molecule has 5 heteroatoms. The largest absolute Gasteiger partial charge is 0.386 e. The highest BCUT2D eigenvalue weighted by Crippen LogP contribution is 2.22. The summed E-state index contributed by atoms with van der Waals surface area (Å²) in [7, 11) is 0. The van der Waals surface area contributed by atoms with Crippen LogP contribution in [0.1, 0.15) is 11.7 Å². The second kappa shape index (κ2) is 5.59. The van der Waals surface area contributed by atoms with Crippen molar-refractivity contribution in [2.45, 2.75) is 6.10 Å². The van der Waals surface area contributed by atoms with Gasteiger partial charge in [0, 0.05) is 10.6 Å². The molecule has 2 N–H and O–H groups in total. The van der Waals surface area contributed by atoms with Crippen LogP contribution in [0.15, 0.2) is 24.3 Å². The number of carbonyl (C=O) groups is 1. The Hall–Kier alpha value is -1.10. The van der Waals surface area contributed by atoms with Crippen LogP contribution in [-0.4, -0.2) is 18.1 Å². The average molecular weight is 216 g/mol. The van der Waals surface area contributed by atoms with Gasteiger partial charge in [0.05, 0.1) is 0 Å². The maximum atomic E-state index is 9.85. The molecule has 0 aliphatic heterocycles. The molecule has 0 saturated carbocycles. The topological polar surface area (TPSA) is 58.6 Å². The monoisotopic (exact) mass is 215 g/mol. The van der Waals surface area contributed by atoms with Gasteiger partial charge in [-0.1, -0.05) is 29.8 Å². The molecule has 1 atom stereocenters. The molecule has 1 aromatic rings. The van der Waals surface area contributed by atoms with Gasteiger partial charge in [-0.05, 0) is 6.07 Å². The summed E-state index contributed by atoms with van der Waals surface area (Å²) >= 11 is 5.83. The van der Waals surface area contributed by atoms with E-state index in [9.17, 15) is 9.90 Å². The number of rotatable bonds is 5. The summed E-state index contributed by atoms with van der Waals surface area (Å²) in [5.74, 6) is 0. The minimum Gasteiger partial charge on any atom is -0.386 e. The summed E-state index contributed by atoms with van der Waals surface area (Å²) in [5.41, 5.74) is 2.56. The molecule has 0 aliphatic carbocycles. The predicted octanol–water partition coefficient (Wildman–Crippen LogP) is 1.05. The van der Waals surface area contributed by atoms with Gasteiger partial charge in [0.2, 0.25) is 6.41 Å². The first-order valence-electron chi connectivity index (χ1n) is 3.99. The van der Waals surface area contributed by atoms with Crippen molar-refractivity contribution >= 4 is 18.0 Å². The number of nitrogens with one attached hydrogen (secondary N) is 1. The zero-order chi connectivity index (χ0) is 10.4. The van der Waals surface area contributed by atoms with E-state index in [1.807, 2.05) is 5.48 Å². The zero-order valence-corrected chi connectivity index (χ0v) is 8.07. The third-order valence-corrected chi connectivity index (χ3v) is 1.98. The summed E-state index contributed by atoms with van der Waals surface area (Å²) in [6, 6.07) is 6.89. The Bertz CT molecular complexity index is 306. The van der Waals surface area contributed by atoms with E-state index in [1.165, 1.54) is 0 Å². The number of aliphatic hydroxyl groups is 1. The van der Waals surface area contributed by atoms with E-state index in [4.69, 9.17) is 11.6 Å². The minimum atomic E-state index is -0.851. The van der Waals surface area contributed by atoms with Crippen LogP contribution in [0.4, 0.5) is 0 Å². The highest BCUT2D eigenvalue weighted by molar-refractivity contribution is 6.31. The van der Waals surface area contributed by atoms with Gasteiger partial charge in [0.25, 0.3) is 0 Å². The van der Waals surface area contributed by atoms with Crippen molar-refractivity contribution in [3.63, 3.8) is 0 Å². The van der Waals surface area contributed by atoms with Crippen LogP contribution >= 0.6 is 11.6 Å². The molecule has 0 aliphatic rings. The summed E-state index contributed by atoms with van der Waals surface area (Å²) in [6.07, 6.45) is -0.463. The van der Waals surface area contributed by atoms with Gasteiger partial charge in [0.15, 0.2) is 0 Å². The molecule has 0 saturated heterocycles. The molecule has 14 heavy (non-hydrogen) atoms. The molecule has 4 nitrogen and oxygen atoms in total. The van der Waals surface area contributed by atoms with E-state index in [0.717, 1.165) is 0 Å². The lowest BCUT2D eigenvalue weighted by Crippen LogP contribution is -2.17. The van der Waals surface area contributed by atoms with Crippen LogP contribution < -0.4 is 5.48 Å². The summed E-state index contributed by atoms with van der Waals surface area (Å²) in [6.45, 7) is -0.0392. The number of halogens is 1. The minimum absolute atomic E-state index is 0.0392. The van der Waals surface area contributed by atoms with Crippen molar-refractivity contribution in [1.29, 1.82) is 0 Å². The molecular weight excluding hydrogens is 206 g/mol. The molecule has 0 heterocycles. The summed E-state index contributed by atoms with van der Waals surface area (Å²) in [4.78, 5) is 14.5. The fourth-order valence-electron chi connectivity index (χ4n) is 0.996. The van der Waals surface area contributed by atoms with E-state index < -0.39 is 6.10 Å². The Morgan fingerprint density at radius 1 is 1.57 bits per heavy atom. The smallest absolute Gasteiger partial charge is 0.230 e. The molecule has 0 aromatic heterocycles. The number of hydroxylamine groups is 1. The summed E-state index contributed by atoms with van der Waals surface area (Å²) < 4.78 is 0. The van der Waals surface area contributed by atoms with Crippen molar-refractivity contribution in [1.82, 2.24) is 5.48 Å². The first kappa shape index (κ1) is 11.0. The fraction of sp³-hybridized carbons (Fsp3) is 0.222. The van der Waals surface area contributed by atoms with Crippen molar-refractivity contribution in [2.24, 2.45) is 0 Å². The molecular formula is C9H10ClNO3. The van der Waals surface area contributed by atoms with Crippen LogP contribution in [0.3, 0.4) is 0 Å². The lowest BCUT2D eigenvalue weighted by molar-refractivity contribution is -0.123. The van der Waals surface area contributed by atoms with Crippen LogP contribution in [0.5, 0.6) is 0 Å². The lowest BCUT2D eigenvalue weighted by atomic mass is 10.1. The molecule has 1 rings (SSSR count). The molecule has 0 fully saturated rings. The molecule has 0 bridgehead atoms. The first-order chi connectivity index (χ1) is 6.75. The van der Waals surface area contributed by atoms with E-state index >= 15 is 0 Å². The number of hydrogen-bond acceptors (Lipinski definition) is 3. The third-order valence-electron chi connectivity index (χ3n) is 1.64. The highest BCUT2D eigenvalue weighted by atomic mass is 35.5. The quantitative estimate of drug-likeness (QED) is 0.439. The lowest BCUT2D eigenvalue weighted by Gasteiger charge is -2.11. The molecule has 1 amide bonds. The number of benzene rings is 1. The molecule has 76 valence electrons. The van der Waals surface area contributed by atoms with Gasteiger partial charge in [-0.15, -0.1) is 0 Å². The van der Waals surface area contributed by atoms with E-state index in [1.54, 1.807) is 24.3 Å². The van der Waals surface area contributed by atoms with E-state index in [0.29, 0.717) is 17.0 Å². The predicted molar refractivity (Wildman–Crippen MR) is 51.6 cm³/mol. The van der Waals surface area contributed by atoms with Gasteiger partial charge in [-0.2, -0.15) is 0 Å². The van der Waals surface area contributed by atoms with Gasteiger partial charge in [0.1, 0.15) is 12.7 Å². The highest BCUT2D eigenvalue weighted by Gasteiger charge is 2.10. The molecule has 0 unspecified atom stereocenters. The maximum Gasteiger partial charge on any atom is 0.230 e. The first-order valence-corrected chi connectivity index (χ1v) is 4.37. The van der Waals surface area contributed by atoms with Crippen LogP contribution in [-0.2, 0) is 9.63 Å². The van der Waals surface area contributed by atoms with Crippen LogP contribution in [0.2, 0.25) is 5.02 Å². The Balaban J connectivity index is 2.55. The molecule has 0 spiro atoms. The Labute approximate surface area is 86.4 Å². The Kier molecular flexibility index (Phi) is 4.39. The van der Waals surface area contributed by atoms with Crippen molar-refractivity contribution in [3.05, 3.63) is 34.9 Å². The van der Waals surface area contributed by atoms with Crippen molar-refractivity contribution in [2.75, 3.05) is 6.61 Å². The van der Waals surface area contributed by atoms with Crippen molar-refractivity contribution < 1.29 is 14.7 Å². The number of amides is 1. The van der Waals surface area contributed by atoms with Gasteiger partial charge >= 0.3 is 0 Å². The zero-order valence-electron chi connectivity index (χ0n) is 7.31. The normalized spacial score (nSPS) is 12.1. The second-order valence-corrected chi connectivity index (χ2v) is 2.99. The number of hydrogen-bond donors (Lipinski definition) is 2. The average Bonchev–Trinajstić information content (AvgIpc) is 2.18. The van der Waals surface area contributed by atoms with E-state index in [2.05, 4.69) is 4.84 Å². The fourth-order valence-corrected chi connectivity index (χ4v) is 1.26. The second-order valence-electron chi connectivity index (χ2n) is 2.58. The van der Waals surface area contributed by atoms with Crippen molar-refractivity contribution in [3.8, 4) is 0 Å². The molecule has 0 radical (unpaired) electrons.